The van der Waals surface area contributed by atoms with Crippen LogP contribution in [-0.2, 0) is 0 Å². The smallest absolute Gasteiger partial charge is 0.291 e. The van der Waals surface area contributed by atoms with Crippen molar-refractivity contribution in [2.45, 2.75) is 0 Å². The molecule has 7 heteroatoms. The summed E-state index contributed by atoms with van der Waals surface area (Å²) in [5.74, 6) is 2.14. The number of rotatable bonds is 3. The minimum Gasteiger partial charge on any atom is -0.497 e. The molecule has 0 radical (unpaired) electrons. The number of ether oxygens (including phenoxy) is 2. The number of hydrogen-bond donors (Lipinski definition) is 0. The van der Waals surface area contributed by atoms with Crippen molar-refractivity contribution in [2.75, 3.05) is 13.7 Å². The number of methoxy groups -OCH3 is 1. The Balaban J connectivity index is 1.53. The Morgan fingerprint density at radius 2 is 2.00 bits per heavy atom. The van der Waals surface area contributed by atoms with Gasteiger partial charge in [0.15, 0.2) is 5.82 Å². The first-order chi connectivity index (χ1) is 13.7. The van der Waals surface area contributed by atoms with Gasteiger partial charge in [-0.3, -0.25) is 4.79 Å². The highest BCUT2D eigenvalue weighted by atomic mass is 32.1. The molecule has 138 valence electrons. The first-order valence-electron chi connectivity index (χ1n) is 8.69. The normalized spacial score (nSPS) is 13.9. The number of fused-ring (bicyclic) bond motifs is 2. The molecule has 1 aliphatic heterocycles. The van der Waals surface area contributed by atoms with Gasteiger partial charge in [0.2, 0.25) is 4.96 Å². The van der Waals surface area contributed by atoms with E-state index in [-0.39, 0.29) is 5.56 Å². The summed E-state index contributed by atoms with van der Waals surface area (Å²) in [7, 11) is 1.62. The number of benzene rings is 2. The molecule has 4 aromatic rings. The number of para-hydroxylation sites is 1. The van der Waals surface area contributed by atoms with Gasteiger partial charge in [0.25, 0.3) is 5.56 Å². The minimum atomic E-state index is -0.174. The molecule has 0 saturated carbocycles. The summed E-state index contributed by atoms with van der Waals surface area (Å²) in [6.07, 6.45) is 3.89. The van der Waals surface area contributed by atoms with E-state index >= 15 is 0 Å². The fourth-order valence-corrected chi connectivity index (χ4v) is 4.00. The number of hydrogen-bond acceptors (Lipinski definition) is 6. The van der Waals surface area contributed by atoms with E-state index in [9.17, 15) is 4.79 Å². The number of aromatic nitrogens is 3. The van der Waals surface area contributed by atoms with Gasteiger partial charge < -0.3 is 9.47 Å². The highest BCUT2D eigenvalue weighted by Crippen LogP contribution is 2.26. The van der Waals surface area contributed by atoms with Crippen LogP contribution in [0.5, 0.6) is 11.5 Å². The van der Waals surface area contributed by atoms with Crippen molar-refractivity contribution in [3.8, 4) is 22.9 Å². The Bertz CT molecular complexity index is 1320. The average Bonchev–Trinajstić information content (AvgIpc) is 3.28. The predicted molar refractivity (Wildman–Crippen MR) is 109 cm³/mol. The highest BCUT2D eigenvalue weighted by molar-refractivity contribution is 7.15. The van der Waals surface area contributed by atoms with Gasteiger partial charge in [-0.15, -0.1) is 5.10 Å². The van der Waals surface area contributed by atoms with Crippen LogP contribution in [0.3, 0.4) is 0 Å². The van der Waals surface area contributed by atoms with E-state index in [0.717, 1.165) is 28.2 Å². The standard InChI is InChI=1S/C21H15N3O3S/c1-26-16-8-6-14(7-9-16)19-22-21-24(23-19)20(25)18(28-21)11-13-10-15-4-2-3-5-17(15)27-12-13/h2-11H,12H2,1H3/b18-11-. The molecule has 28 heavy (non-hydrogen) atoms. The summed E-state index contributed by atoms with van der Waals surface area (Å²) < 4.78 is 12.9. The molecule has 2 aromatic carbocycles. The van der Waals surface area contributed by atoms with Gasteiger partial charge in [-0.05, 0) is 48.1 Å². The topological polar surface area (TPSA) is 65.7 Å². The molecule has 0 fully saturated rings. The van der Waals surface area contributed by atoms with E-state index in [1.807, 2.05) is 60.7 Å². The molecule has 0 N–H and O–H groups in total. The molecule has 0 bridgehead atoms. The van der Waals surface area contributed by atoms with E-state index in [4.69, 9.17) is 9.47 Å². The van der Waals surface area contributed by atoms with Gasteiger partial charge in [-0.25, -0.2) is 0 Å². The molecule has 0 unspecified atom stereocenters. The van der Waals surface area contributed by atoms with E-state index in [1.54, 1.807) is 7.11 Å². The monoisotopic (exact) mass is 389 g/mol. The van der Waals surface area contributed by atoms with Crippen LogP contribution in [-0.4, -0.2) is 28.3 Å². The van der Waals surface area contributed by atoms with Crippen molar-refractivity contribution in [3.63, 3.8) is 0 Å². The second kappa shape index (κ2) is 6.61. The van der Waals surface area contributed by atoms with E-state index in [0.29, 0.717) is 21.9 Å². The first-order valence-corrected chi connectivity index (χ1v) is 9.51. The van der Waals surface area contributed by atoms with Crippen molar-refractivity contribution in [1.82, 2.24) is 14.6 Å². The lowest BCUT2D eigenvalue weighted by molar-refractivity contribution is 0.352. The van der Waals surface area contributed by atoms with Gasteiger partial charge in [0.1, 0.15) is 18.1 Å². The van der Waals surface area contributed by atoms with Crippen molar-refractivity contribution >= 4 is 28.4 Å². The first kappa shape index (κ1) is 16.7. The Hall–Kier alpha value is -3.45. The summed E-state index contributed by atoms with van der Waals surface area (Å²) in [6.45, 7) is 0.432. The molecule has 0 aliphatic carbocycles. The Kier molecular flexibility index (Phi) is 3.95. The molecule has 3 heterocycles. The SMILES string of the molecule is COc1ccc(-c2nc3s/c(=C\C4=Cc5ccccc5OC4)c(=O)n3n2)cc1. The zero-order valence-corrected chi connectivity index (χ0v) is 15.8. The van der Waals surface area contributed by atoms with Gasteiger partial charge in [0.05, 0.1) is 11.6 Å². The third-order valence-electron chi connectivity index (χ3n) is 4.50. The Morgan fingerprint density at radius 1 is 1.18 bits per heavy atom. The van der Waals surface area contributed by atoms with Gasteiger partial charge in [-0.2, -0.15) is 9.50 Å². The zero-order chi connectivity index (χ0) is 19.1. The van der Waals surface area contributed by atoms with Crippen LogP contribution < -0.4 is 19.6 Å². The molecule has 0 saturated heterocycles. The highest BCUT2D eigenvalue weighted by Gasteiger charge is 2.14. The molecule has 2 aromatic heterocycles. The average molecular weight is 389 g/mol. The number of thiazole rings is 1. The summed E-state index contributed by atoms with van der Waals surface area (Å²) in [6, 6.07) is 15.3. The van der Waals surface area contributed by atoms with Crippen molar-refractivity contribution in [1.29, 1.82) is 0 Å². The Morgan fingerprint density at radius 3 is 2.79 bits per heavy atom. The molecule has 0 amide bonds. The molecule has 6 nitrogen and oxygen atoms in total. The lowest BCUT2D eigenvalue weighted by atomic mass is 10.1. The van der Waals surface area contributed by atoms with Crippen LogP contribution in [0.2, 0.25) is 0 Å². The quantitative estimate of drug-likeness (QED) is 0.539. The predicted octanol–water partition coefficient (Wildman–Crippen LogP) is 2.80. The molecule has 1 aliphatic rings. The van der Waals surface area contributed by atoms with Crippen LogP contribution in [0.1, 0.15) is 5.56 Å². The van der Waals surface area contributed by atoms with Crippen LogP contribution in [0, 0.1) is 0 Å². The molecular formula is C21H15N3O3S. The van der Waals surface area contributed by atoms with Crippen LogP contribution >= 0.6 is 11.3 Å². The van der Waals surface area contributed by atoms with Gasteiger partial charge >= 0.3 is 0 Å². The second-order valence-electron chi connectivity index (χ2n) is 6.32. The zero-order valence-electron chi connectivity index (χ0n) is 15.0. The van der Waals surface area contributed by atoms with Crippen LogP contribution in [0.25, 0.3) is 28.5 Å². The van der Waals surface area contributed by atoms with Crippen molar-refractivity contribution in [3.05, 3.63) is 74.6 Å². The van der Waals surface area contributed by atoms with Gasteiger partial charge in [-0.1, -0.05) is 29.5 Å². The maximum atomic E-state index is 12.7. The fourth-order valence-electron chi connectivity index (χ4n) is 3.08. The fraction of sp³-hybridized carbons (Fsp3) is 0.0952. The van der Waals surface area contributed by atoms with E-state index in [2.05, 4.69) is 10.1 Å². The molecular weight excluding hydrogens is 374 g/mol. The largest absolute Gasteiger partial charge is 0.497 e. The summed E-state index contributed by atoms with van der Waals surface area (Å²) >= 11 is 1.32. The van der Waals surface area contributed by atoms with Crippen molar-refractivity contribution < 1.29 is 9.47 Å². The number of nitrogens with zero attached hydrogens (tertiary/aromatic N) is 3. The summed E-state index contributed by atoms with van der Waals surface area (Å²) in [4.78, 5) is 17.8. The molecule has 0 spiro atoms. The summed E-state index contributed by atoms with van der Waals surface area (Å²) in [5, 5.41) is 4.38. The molecule has 5 rings (SSSR count). The second-order valence-corrected chi connectivity index (χ2v) is 7.33. The van der Waals surface area contributed by atoms with Crippen LogP contribution in [0.4, 0.5) is 0 Å². The van der Waals surface area contributed by atoms with E-state index < -0.39 is 0 Å². The Labute approximate surface area is 164 Å². The minimum absolute atomic E-state index is 0.174. The van der Waals surface area contributed by atoms with Crippen LogP contribution in [0.15, 0.2) is 58.9 Å². The third-order valence-corrected chi connectivity index (χ3v) is 5.46. The maximum Gasteiger partial charge on any atom is 0.291 e. The third kappa shape index (κ3) is 2.86. The van der Waals surface area contributed by atoms with Gasteiger partial charge in [0, 0.05) is 11.1 Å². The van der Waals surface area contributed by atoms with E-state index in [1.165, 1.54) is 15.9 Å². The molecule has 0 atom stereocenters. The maximum absolute atomic E-state index is 12.7. The summed E-state index contributed by atoms with van der Waals surface area (Å²) in [5.41, 5.74) is 2.61. The van der Waals surface area contributed by atoms with Crippen molar-refractivity contribution in [2.24, 2.45) is 0 Å². The lowest BCUT2D eigenvalue weighted by Crippen LogP contribution is -2.24. The lowest BCUT2D eigenvalue weighted by Gasteiger charge is -2.15.